The van der Waals surface area contributed by atoms with Crippen molar-refractivity contribution in [1.29, 1.82) is 0 Å². The Kier molecular flexibility index (Phi) is 10.3. The molecule has 1 N–H and O–H groups in total. The molecule has 2 bridgehead atoms. The van der Waals surface area contributed by atoms with Gasteiger partial charge in [0.05, 0.1) is 6.04 Å². The van der Waals surface area contributed by atoms with E-state index in [4.69, 9.17) is 9.47 Å². The summed E-state index contributed by atoms with van der Waals surface area (Å²) in [4.78, 5) is 31.1. The molecular formula is C42H58N2O5. The summed E-state index contributed by atoms with van der Waals surface area (Å²) in [6.07, 6.45) is 17.4. The largest absolute Gasteiger partial charge is 0.508 e. The number of hydrogen-bond acceptors (Lipinski definition) is 6. The number of carbonyl (C=O) groups excluding carboxylic acids is 2. The number of rotatable bonds is 16. The summed E-state index contributed by atoms with van der Waals surface area (Å²) in [5.41, 5.74) is 3.18. The van der Waals surface area contributed by atoms with E-state index in [9.17, 15) is 14.7 Å². The summed E-state index contributed by atoms with van der Waals surface area (Å²) >= 11 is 0. The number of carbonyl (C=O) groups is 2. The first-order chi connectivity index (χ1) is 23.8. The van der Waals surface area contributed by atoms with E-state index >= 15 is 0 Å². The number of phenols is 1. The van der Waals surface area contributed by atoms with Crippen molar-refractivity contribution in [1.82, 2.24) is 9.80 Å². The number of likely N-dealkylation sites (tertiary alicyclic amines) is 1. The minimum absolute atomic E-state index is 0.0547. The van der Waals surface area contributed by atoms with E-state index in [1.165, 1.54) is 70.3 Å². The molecule has 266 valence electrons. The smallest absolute Gasteiger partial charge is 0.308 e. The summed E-state index contributed by atoms with van der Waals surface area (Å²) < 4.78 is 12.7. The lowest BCUT2D eigenvalue weighted by atomic mass is 9.50. The summed E-state index contributed by atoms with van der Waals surface area (Å²) in [6, 6.07) is 12.7. The number of aromatic hydroxyl groups is 1. The molecule has 7 heteroatoms. The minimum atomic E-state index is -0.422. The van der Waals surface area contributed by atoms with Crippen LogP contribution in [0.3, 0.4) is 0 Å². The Labute approximate surface area is 293 Å². The van der Waals surface area contributed by atoms with E-state index in [1.807, 2.05) is 0 Å². The molecule has 0 aromatic heterocycles. The van der Waals surface area contributed by atoms with Gasteiger partial charge < -0.3 is 19.5 Å². The topological polar surface area (TPSA) is 79.3 Å². The van der Waals surface area contributed by atoms with Crippen molar-refractivity contribution >= 4 is 11.9 Å². The summed E-state index contributed by atoms with van der Waals surface area (Å²) in [7, 11) is 0. The van der Waals surface area contributed by atoms with Gasteiger partial charge in [0, 0.05) is 54.6 Å². The molecule has 49 heavy (non-hydrogen) atoms. The van der Waals surface area contributed by atoms with Crippen LogP contribution in [0.25, 0.3) is 0 Å². The third-order valence-corrected chi connectivity index (χ3v) is 12.6. The van der Waals surface area contributed by atoms with E-state index in [0.717, 1.165) is 68.7 Å². The van der Waals surface area contributed by atoms with Crippen molar-refractivity contribution in [2.75, 3.05) is 13.1 Å². The average Bonchev–Trinajstić information content (AvgIpc) is 3.83. The number of amides is 1. The van der Waals surface area contributed by atoms with Gasteiger partial charge in [0.2, 0.25) is 5.91 Å². The van der Waals surface area contributed by atoms with Crippen LogP contribution in [0.2, 0.25) is 0 Å². The predicted molar refractivity (Wildman–Crippen MR) is 192 cm³/mol. The standard InChI is InChI=1S/C42H58N2O5/c1-28(2)44(38(47)18-14-9-7-5-4-6-8-11-15-30-16-12-10-13-17-30)34-22-21-33-35-25-32-36(46)26-37(48-29(3)45)40-39(32)42(33,41(34)49-40)23-24-43(35)27-31-19-20-31/h10,12-13,16-17,26,28,31,33-35,41,46H,4-9,11,14-15,18-25,27H2,1-3H3/t33-,34+,35+,41-,42-/m0/s1. The van der Waals surface area contributed by atoms with Gasteiger partial charge >= 0.3 is 5.97 Å². The maximum atomic E-state index is 14.1. The molecule has 2 saturated carbocycles. The van der Waals surface area contributed by atoms with Gasteiger partial charge in [0.25, 0.3) is 0 Å². The Hall–Kier alpha value is -3.06. The molecule has 3 aliphatic carbocycles. The summed E-state index contributed by atoms with van der Waals surface area (Å²) in [5.74, 6) is 2.17. The first kappa shape index (κ1) is 34.4. The fourth-order valence-corrected chi connectivity index (χ4v) is 10.3. The Morgan fingerprint density at radius 1 is 1.00 bits per heavy atom. The van der Waals surface area contributed by atoms with E-state index in [0.29, 0.717) is 29.9 Å². The second-order valence-electron chi connectivity index (χ2n) is 16.2. The number of benzene rings is 2. The number of ether oxygens (including phenoxy) is 2. The Bertz CT molecular complexity index is 1490. The fourth-order valence-electron chi connectivity index (χ4n) is 10.3. The molecule has 0 unspecified atom stereocenters. The lowest BCUT2D eigenvalue weighted by Crippen LogP contribution is -2.69. The van der Waals surface area contributed by atoms with E-state index in [-0.39, 0.29) is 35.3 Å². The van der Waals surface area contributed by atoms with Crippen LogP contribution in [-0.2, 0) is 27.8 Å². The highest BCUT2D eigenvalue weighted by Gasteiger charge is 2.67. The molecule has 7 rings (SSSR count). The minimum Gasteiger partial charge on any atom is -0.508 e. The second-order valence-corrected chi connectivity index (χ2v) is 16.2. The van der Waals surface area contributed by atoms with Crippen LogP contribution in [0.1, 0.15) is 127 Å². The molecule has 7 nitrogen and oxygen atoms in total. The number of esters is 1. The van der Waals surface area contributed by atoms with Crippen LogP contribution >= 0.6 is 0 Å². The van der Waals surface area contributed by atoms with Crippen LogP contribution in [0, 0.1) is 11.8 Å². The highest BCUT2D eigenvalue weighted by atomic mass is 16.6. The zero-order chi connectivity index (χ0) is 34.1. The van der Waals surface area contributed by atoms with Crippen LogP contribution in [0.5, 0.6) is 17.2 Å². The van der Waals surface area contributed by atoms with E-state index < -0.39 is 5.97 Å². The lowest BCUT2D eigenvalue weighted by Gasteiger charge is -2.61. The number of unbranched alkanes of at least 4 members (excludes halogenated alkanes) is 7. The number of aryl methyl sites for hydroxylation is 1. The summed E-state index contributed by atoms with van der Waals surface area (Å²) in [5, 5.41) is 11.4. The Balaban J connectivity index is 1.00. The number of phenolic OH excluding ortho intramolecular Hbond substituents is 1. The molecule has 2 aromatic rings. The zero-order valence-electron chi connectivity index (χ0n) is 30.1. The Morgan fingerprint density at radius 3 is 2.41 bits per heavy atom. The molecule has 2 aromatic carbocycles. The van der Waals surface area contributed by atoms with Crippen LogP contribution < -0.4 is 9.47 Å². The van der Waals surface area contributed by atoms with Gasteiger partial charge in [-0.1, -0.05) is 68.9 Å². The lowest BCUT2D eigenvalue weighted by molar-refractivity contribution is -0.146. The molecule has 1 spiro atoms. The highest BCUT2D eigenvalue weighted by molar-refractivity contribution is 5.77. The van der Waals surface area contributed by atoms with Crippen molar-refractivity contribution in [2.45, 2.75) is 153 Å². The molecule has 0 radical (unpaired) electrons. The predicted octanol–water partition coefficient (Wildman–Crippen LogP) is 8.13. The zero-order valence-corrected chi connectivity index (χ0v) is 30.1. The van der Waals surface area contributed by atoms with Crippen molar-refractivity contribution < 1.29 is 24.2 Å². The molecule has 1 saturated heterocycles. The van der Waals surface area contributed by atoms with Gasteiger partial charge in [0.1, 0.15) is 11.9 Å². The normalized spacial score (nSPS) is 26.7. The van der Waals surface area contributed by atoms with Gasteiger partial charge in [-0.25, -0.2) is 0 Å². The second kappa shape index (κ2) is 14.7. The number of hydrogen-bond donors (Lipinski definition) is 1. The molecule has 5 aliphatic rings. The summed E-state index contributed by atoms with van der Waals surface area (Å²) in [6.45, 7) is 7.83. The Morgan fingerprint density at radius 2 is 1.71 bits per heavy atom. The van der Waals surface area contributed by atoms with Crippen molar-refractivity contribution in [2.24, 2.45) is 11.8 Å². The van der Waals surface area contributed by atoms with Gasteiger partial charge in [-0.05, 0) is 95.6 Å². The maximum Gasteiger partial charge on any atom is 0.308 e. The van der Waals surface area contributed by atoms with Crippen molar-refractivity contribution in [3.63, 3.8) is 0 Å². The molecule has 3 fully saturated rings. The third-order valence-electron chi connectivity index (χ3n) is 12.6. The van der Waals surface area contributed by atoms with Crippen LogP contribution in [0.4, 0.5) is 0 Å². The fraction of sp³-hybridized carbons (Fsp3) is 0.667. The van der Waals surface area contributed by atoms with E-state index in [2.05, 4.69) is 54.0 Å². The van der Waals surface area contributed by atoms with Crippen molar-refractivity contribution in [3.05, 3.63) is 53.1 Å². The molecule has 2 aliphatic heterocycles. The maximum absolute atomic E-state index is 14.1. The van der Waals surface area contributed by atoms with E-state index in [1.54, 1.807) is 6.07 Å². The molecule has 5 atom stereocenters. The van der Waals surface area contributed by atoms with Crippen molar-refractivity contribution in [3.8, 4) is 17.2 Å². The van der Waals surface area contributed by atoms with Gasteiger partial charge in [-0.3, -0.25) is 14.5 Å². The van der Waals surface area contributed by atoms with Gasteiger partial charge in [0.15, 0.2) is 11.5 Å². The van der Waals surface area contributed by atoms with Crippen LogP contribution in [-0.4, -0.2) is 64.1 Å². The van der Waals surface area contributed by atoms with Gasteiger partial charge in [-0.2, -0.15) is 0 Å². The third kappa shape index (κ3) is 6.86. The molecule has 2 heterocycles. The van der Waals surface area contributed by atoms with Crippen LogP contribution in [0.15, 0.2) is 36.4 Å². The molecule has 1 amide bonds. The molecular weight excluding hydrogens is 612 g/mol. The SMILES string of the molecule is CC(=O)Oc1cc(O)c2c3c1O[C@H]1[C@H](N(C(=O)CCCCCCCCCCc4ccccc4)C(C)C)CC[C@H]4[C@@H](C2)N(CC2CC2)CC[C@@]341. The average molecular weight is 671 g/mol. The first-order valence-corrected chi connectivity index (χ1v) is 19.6. The number of piperidine rings is 1. The van der Waals surface area contributed by atoms with Gasteiger partial charge in [-0.15, -0.1) is 0 Å². The first-order valence-electron chi connectivity index (χ1n) is 19.6. The quantitative estimate of drug-likeness (QED) is 0.110. The monoisotopic (exact) mass is 670 g/mol. The number of nitrogens with zero attached hydrogens (tertiary/aromatic N) is 2. The highest BCUT2D eigenvalue weighted by Crippen LogP contribution is 2.66.